The normalized spacial score (nSPS) is 32.2. The average Bonchev–Trinajstić information content (AvgIpc) is 2.59. The molecule has 0 radical (unpaired) electrons. The van der Waals surface area contributed by atoms with Crippen LogP contribution in [0.25, 0.3) is 0 Å². The second-order valence-corrected chi connectivity index (χ2v) is 8.14. The summed E-state index contributed by atoms with van der Waals surface area (Å²) in [7, 11) is -2.95. The summed E-state index contributed by atoms with van der Waals surface area (Å²) < 4.78 is 24.0. The van der Waals surface area contributed by atoms with E-state index < -0.39 is 9.84 Å². The van der Waals surface area contributed by atoms with Crippen molar-refractivity contribution in [2.24, 2.45) is 5.92 Å². The summed E-state index contributed by atoms with van der Waals surface area (Å²) in [6.45, 7) is 1.88. The zero-order valence-electron chi connectivity index (χ0n) is 10.9. The standard InChI is InChI=1S/C14H17NO3S/c1-9-2-3-10(8-15-9)14(16)11-6-12-4-5-13(7-11)19(12,17)18/h2-3,8,11-13H,4-7H2,1H3. The number of ketones is 1. The minimum Gasteiger partial charge on any atom is -0.294 e. The van der Waals surface area contributed by atoms with Gasteiger partial charge in [0.2, 0.25) is 0 Å². The Hall–Kier alpha value is -1.23. The number of pyridine rings is 1. The second kappa shape index (κ2) is 4.40. The number of nitrogens with zero attached hydrogens (tertiary/aromatic N) is 1. The van der Waals surface area contributed by atoms with Crippen molar-refractivity contribution in [3.8, 4) is 0 Å². The molecule has 1 aromatic heterocycles. The van der Waals surface area contributed by atoms with Gasteiger partial charge in [-0.1, -0.05) is 0 Å². The van der Waals surface area contributed by atoms with Gasteiger partial charge >= 0.3 is 0 Å². The summed E-state index contributed by atoms with van der Waals surface area (Å²) in [6, 6.07) is 3.61. The molecule has 2 aliphatic rings. The summed E-state index contributed by atoms with van der Waals surface area (Å²) in [5, 5.41) is -0.586. The monoisotopic (exact) mass is 279 g/mol. The molecule has 2 atom stereocenters. The van der Waals surface area contributed by atoms with Gasteiger partial charge in [0.1, 0.15) is 0 Å². The van der Waals surface area contributed by atoms with E-state index in [0.717, 1.165) is 18.5 Å². The molecular weight excluding hydrogens is 262 g/mol. The molecule has 0 spiro atoms. The predicted octanol–water partition coefficient (Wildman–Crippen LogP) is 1.93. The van der Waals surface area contributed by atoms with Gasteiger partial charge in [0.05, 0.1) is 10.5 Å². The molecule has 3 rings (SSSR count). The first kappa shape index (κ1) is 12.8. The van der Waals surface area contributed by atoms with E-state index >= 15 is 0 Å². The average molecular weight is 279 g/mol. The summed E-state index contributed by atoms with van der Waals surface area (Å²) >= 11 is 0. The Labute approximate surface area is 113 Å². The SMILES string of the molecule is Cc1ccc(C(=O)C2CC3CCC(C2)S3(=O)=O)cn1. The minimum absolute atomic E-state index is 0.0549. The quantitative estimate of drug-likeness (QED) is 0.776. The van der Waals surface area contributed by atoms with Gasteiger partial charge in [-0.3, -0.25) is 9.78 Å². The van der Waals surface area contributed by atoms with E-state index in [9.17, 15) is 13.2 Å². The molecule has 1 aromatic rings. The fraction of sp³-hybridized carbons (Fsp3) is 0.571. The lowest BCUT2D eigenvalue weighted by atomic mass is 9.91. The molecule has 5 heteroatoms. The van der Waals surface area contributed by atoms with Gasteiger partial charge < -0.3 is 0 Å². The molecule has 2 unspecified atom stereocenters. The van der Waals surface area contributed by atoms with Crippen molar-refractivity contribution >= 4 is 15.6 Å². The van der Waals surface area contributed by atoms with Crippen molar-refractivity contribution in [3.05, 3.63) is 29.6 Å². The number of carbonyl (C=O) groups excluding carboxylic acids is 1. The van der Waals surface area contributed by atoms with Gasteiger partial charge in [-0.05, 0) is 44.7 Å². The number of carbonyl (C=O) groups is 1. The van der Waals surface area contributed by atoms with E-state index in [1.54, 1.807) is 12.3 Å². The molecule has 3 heterocycles. The molecule has 0 N–H and O–H groups in total. The van der Waals surface area contributed by atoms with Gasteiger partial charge in [0.25, 0.3) is 0 Å². The van der Waals surface area contributed by atoms with Crippen LogP contribution in [0.5, 0.6) is 0 Å². The molecule has 2 saturated heterocycles. The smallest absolute Gasteiger partial charge is 0.167 e. The van der Waals surface area contributed by atoms with Crippen molar-refractivity contribution < 1.29 is 13.2 Å². The summed E-state index contributed by atoms with van der Waals surface area (Å²) in [5.74, 6) is -0.0927. The van der Waals surface area contributed by atoms with Crippen LogP contribution < -0.4 is 0 Å². The highest BCUT2D eigenvalue weighted by Gasteiger charge is 2.48. The minimum atomic E-state index is -2.95. The molecular formula is C14H17NO3S. The Morgan fingerprint density at radius 3 is 2.37 bits per heavy atom. The fourth-order valence-corrected chi connectivity index (χ4v) is 5.75. The molecule has 4 nitrogen and oxygen atoms in total. The molecule has 2 fully saturated rings. The molecule has 102 valence electrons. The van der Waals surface area contributed by atoms with Crippen LogP contribution in [0.2, 0.25) is 0 Å². The van der Waals surface area contributed by atoms with E-state index in [1.807, 2.05) is 13.0 Å². The van der Waals surface area contributed by atoms with E-state index in [1.165, 1.54) is 0 Å². The van der Waals surface area contributed by atoms with Gasteiger partial charge in [-0.2, -0.15) is 0 Å². The fourth-order valence-electron chi connectivity index (χ4n) is 3.27. The van der Waals surface area contributed by atoms with Crippen LogP contribution in [0.1, 0.15) is 41.7 Å². The van der Waals surface area contributed by atoms with E-state index in [4.69, 9.17) is 0 Å². The van der Waals surface area contributed by atoms with E-state index in [-0.39, 0.29) is 22.2 Å². The number of rotatable bonds is 2. The van der Waals surface area contributed by atoms with Crippen LogP contribution in [-0.4, -0.2) is 29.7 Å². The number of aromatic nitrogens is 1. The van der Waals surface area contributed by atoms with Gasteiger partial charge in [0.15, 0.2) is 15.6 Å². The van der Waals surface area contributed by atoms with Crippen LogP contribution >= 0.6 is 0 Å². The molecule has 0 amide bonds. The highest BCUT2D eigenvalue weighted by Crippen LogP contribution is 2.42. The van der Waals surface area contributed by atoms with Crippen molar-refractivity contribution in [3.63, 3.8) is 0 Å². The largest absolute Gasteiger partial charge is 0.294 e. The Morgan fingerprint density at radius 2 is 1.84 bits per heavy atom. The zero-order chi connectivity index (χ0) is 13.6. The first-order valence-corrected chi connectivity index (χ1v) is 8.29. The zero-order valence-corrected chi connectivity index (χ0v) is 11.7. The maximum Gasteiger partial charge on any atom is 0.167 e. The van der Waals surface area contributed by atoms with Gasteiger partial charge in [-0.25, -0.2) is 8.42 Å². The molecule has 2 bridgehead atoms. The lowest BCUT2D eigenvalue weighted by Crippen LogP contribution is -2.36. The molecule has 0 aliphatic carbocycles. The number of fused-ring (bicyclic) bond motifs is 2. The second-order valence-electron chi connectivity index (χ2n) is 5.63. The molecule has 19 heavy (non-hydrogen) atoms. The number of hydrogen-bond donors (Lipinski definition) is 0. The molecule has 0 aromatic carbocycles. The third-order valence-corrected chi connectivity index (χ3v) is 7.12. The van der Waals surface area contributed by atoms with Crippen molar-refractivity contribution in [1.82, 2.24) is 4.98 Å². The third kappa shape index (κ3) is 2.10. The summed E-state index contributed by atoms with van der Waals surface area (Å²) in [6.07, 6.45) is 4.03. The Kier molecular flexibility index (Phi) is 2.96. The highest BCUT2D eigenvalue weighted by atomic mass is 32.2. The summed E-state index contributed by atoms with van der Waals surface area (Å²) in [5.41, 5.74) is 1.48. The van der Waals surface area contributed by atoms with Crippen LogP contribution in [0.4, 0.5) is 0 Å². The topological polar surface area (TPSA) is 64.1 Å². The van der Waals surface area contributed by atoms with E-state index in [0.29, 0.717) is 18.4 Å². The number of Topliss-reactive ketones (excluding diaryl/α,β-unsaturated/α-hetero) is 1. The predicted molar refractivity (Wildman–Crippen MR) is 71.8 cm³/mol. The van der Waals surface area contributed by atoms with Crippen molar-refractivity contribution in [2.45, 2.75) is 43.1 Å². The van der Waals surface area contributed by atoms with Gasteiger partial charge in [0, 0.05) is 23.4 Å². The molecule has 0 saturated carbocycles. The summed E-state index contributed by atoms with van der Waals surface area (Å²) in [4.78, 5) is 16.5. The maximum absolute atomic E-state index is 12.4. The first-order chi connectivity index (χ1) is 8.98. The lowest BCUT2D eigenvalue weighted by molar-refractivity contribution is 0.0905. The third-order valence-electron chi connectivity index (χ3n) is 4.40. The van der Waals surface area contributed by atoms with Crippen LogP contribution in [0, 0.1) is 12.8 Å². The number of aryl methyl sites for hydroxylation is 1. The van der Waals surface area contributed by atoms with Crippen LogP contribution in [-0.2, 0) is 9.84 Å². The maximum atomic E-state index is 12.4. The van der Waals surface area contributed by atoms with E-state index in [2.05, 4.69) is 4.98 Å². The Morgan fingerprint density at radius 1 is 1.21 bits per heavy atom. The van der Waals surface area contributed by atoms with Crippen molar-refractivity contribution in [1.29, 1.82) is 0 Å². The number of hydrogen-bond acceptors (Lipinski definition) is 4. The highest BCUT2D eigenvalue weighted by molar-refractivity contribution is 7.93. The van der Waals surface area contributed by atoms with Crippen molar-refractivity contribution in [2.75, 3.05) is 0 Å². The first-order valence-electron chi connectivity index (χ1n) is 6.68. The number of sulfone groups is 1. The lowest BCUT2D eigenvalue weighted by Gasteiger charge is -2.26. The molecule has 2 aliphatic heterocycles. The van der Waals surface area contributed by atoms with Gasteiger partial charge in [-0.15, -0.1) is 0 Å². The van der Waals surface area contributed by atoms with Crippen LogP contribution in [0.3, 0.4) is 0 Å². The van der Waals surface area contributed by atoms with Crippen LogP contribution in [0.15, 0.2) is 18.3 Å². The Bertz CT molecular complexity index is 586. The Balaban J connectivity index is 1.82.